The number of piperidine rings is 1. The van der Waals surface area contributed by atoms with Gasteiger partial charge in [-0.05, 0) is 37.0 Å². The summed E-state index contributed by atoms with van der Waals surface area (Å²) in [6, 6.07) is 21.1. The maximum absolute atomic E-state index is 13.2. The van der Waals surface area contributed by atoms with E-state index in [0.29, 0.717) is 0 Å². The number of likely N-dealkylation sites (tertiary alicyclic amines) is 1. The van der Waals surface area contributed by atoms with E-state index < -0.39 is 0 Å². The Bertz CT molecular complexity index is 713. The van der Waals surface area contributed by atoms with Gasteiger partial charge in [-0.15, -0.1) is 0 Å². The largest absolute Gasteiger partial charge is 0.309 e. The molecule has 0 unspecified atom stereocenters. The molecule has 0 saturated carbocycles. The molecular formula is C24H32N2O. The summed E-state index contributed by atoms with van der Waals surface area (Å²) in [7, 11) is 0. The lowest BCUT2D eigenvalue weighted by atomic mass is 9.91. The SMILES string of the molecule is CC(C)(C)C(=O)N(c1ccccc1)C1CCN(CCc2ccccc2)CC1. The van der Waals surface area contributed by atoms with E-state index in [1.54, 1.807) is 0 Å². The first-order chi connectivity index (χ1) is 12.9. The maximum atomic E-state index is 13.2. The Balaban J connectivity index is 1.63. The topological polar surface area (TPSA) is 23.6 Å². The molecule has 2 aromatic carbocycles. The van der Waals surface area contributed by atoms with E-state index in [-0.39, 0.29) is 17.4 Å². The fourth-order valence-electron chi connectivity index (χ4n) is 3.78. The van der Waals surface area contributed by atoms with Crippen LogP contribution in [0.4, 0.5) is 5.69 Å². The average Bonchev–Trinajstić information content (AvgIpc) is 2.68. The van der Waals surface area contributed by atoms with Gasteiger partial charge in [-0.25, -0.2) is 0 Å². The van der Waals surface area contributed by atoms with Crippen molar-refractivity contribution in [3.8, 4) is 0 Å². The third-order valence-corrected chi connectivity index (χ3v) is 5.38. The Morgan fingerprint density at radius 1 is 0.963 bits per heavy atom. The summed E-state index contributed by atoms with van der Waals surface area (Å²) >= 11 is 0. The number of amides is 1. The number of anilines is 1. The fraction of sp³-hybridized carbons (Fsp3) is 0.458. The van der Waals surface area contributed by atoms with Gasteiger partial charge in [-0.1, -0.05) is 69.3 Å². The molecule has 0 aromatic heterocycles. The zero-order valence-electron chi connectivity index (χ0n) is 16.9. The second-order valence-electron chi connectivity index (χ2n) is 8.57. The van der Waals surface area contributed by atoms with E-state index in [1.165, 1.54) is 5.56 Å². The highest BCUT2D eigenvalue weighted by atomic mass is 16.2. The van der Waals surface area contributed by atoms with E-state index in [4.69, 9.17) is 0 Å². The smallest absolute Gasteiger partial charge is 0.232 e. The summed E-state index contributed by atoms with van der Waals surface area (Å²) in [5, 5.41) is 0. The fourth-order valence-corrected chi connectivity index (χ4v) is 3.78. The van der Waals surface area contributed by atoms with Gasteiger partial charge in [0.25, 0.3) is 0 Å². The molecule has 0 spiro atoms. The summed E-state index contributed by atoms with van der Waals surface area (Å²) in [4.78, 5) is 17.8. The molecule has 27 heavy (non-hydrogen) atoms. The van der Waals surface area contributed by atoms with Crippen LogP contribution in [0.5, 0.6) is 0 Å². The van der Waals surface area contributed by atoms with Crippen molar-refractivity contribution in [1.82, 2.24) is 4.90 Å². The highest BCUT2D eigenvalue weighted by Gasteiger charge is 2.34. The summed E-state index contributed by atoms with van der Waals surface area (Å²) in [5.41, 5.74) is 2.05. The van der Waals surface area contributed by atoms with Gasteiger partial charge in [0.15, 0.2) is 0 Å². The molecular weight excluding hydrogens is 332 g/mol. The molecule has 2 aromatic rings. The van der Waals surface area contributed by atoms with Gasteiger partial charge < -0.3 is 9.80 Å². The van der Waals surface area contributed by atoms with Gasteiger partial charge in [-0.3, -0.25) is 4.79 Å². The van der Waals surface area contributed by atoms with Crippen molar-refractivity contribution < 1.29 is 4.79 Å². The van der Waals surface area contributed by atoms with Gasteiger partial charge >= 0.3 is 0 Å². The Labute approximate surface area is 164 Å². The molecule has 1 amide bonds. The van der Waals surface area contributed by atoms with Crippen LogP contribution in [0.25, 0.3) is 0 Å². The van der Waals surface area contributed by atoms with E-state index in [0.717, 1.165) is 44.6 Å². The second-order valence-corrected chi connectivity index (χ2v) is 8.57. The molecule has 3 nitrogen and oxygen atoms in total. The predicted octanol–water partition coefficient (Wildman–Crippen LogP) is 4.77. The third kappa shape index (κ3) is 5.20. The summed E-state index contributed by atoms with van der Waals surface area (Å²) in [6.45, 7) is 9.24. The first-order valence-electron chi connectivity index (χ1n) is 10.1. The van der Waals surface area contributed by atoms with Crippen LogP contribution in [-0.2, 0) is 11.2 Å². The second kappa shape index (κ2) is 8.71. The number of carbonyl (C=O) groups excluding carboxylic acids is 1. The van der Waals surface area contributed by atoms with E-state index in [9.17, 15) is 4.79 Å². The Morgan fingerprint density at radius 3 is 2.07 bits per heavy atom. The first kappa shape index (κ1) is 19.6. The molecule has 1 aliphatic heterocycles. The number of carbonyl (C=O) groups is 1. The van der Waals surface area contributed by atoms with Crippen molar-refractivity contribution in [1.29, 1.82) is 0 Å². The molecule has 0 N–H and O–H groups in total. The van der Waals surface area contributed by atoms with Crippen LogP contribution >= 0.6 is 0 Å². The standard InChI is InChI=1S/C24H32N2O/c1-24(2,3)23(27)26(21-12-8-5-9-13-21)22-15-18-25(19-16-22)17-14-20-10-6-4-7-11-20/h4-13,22H,14-19H2,1-3H3. The number of hydrogen-bond acceptors (Lipinski definition) is 2. The number of benzene rings is 2. The monoisotopic (exact) mass is 364 g/mol. The normalized spacial score (nSPS) is 16.3. The van der Waals surface area contributed by atoms with E-state index in [1.807, 2.05) is 39.0 Å². The Kier molecular flexibility index (Phi) is 6.33. The number of para-hydroxylation sites is 1. The molecule has 0 radical (unpaired) electrons. The Morgan fingerprint density at radius 2 is 1.52 bits per heavy atom. The zero-order chi connectivity index (χ0) is 19.3. The molecule has 1 heterocycles. The molecule has 3 rings (SSSR count). The zero-order valence-corrected chi connectivity index (χ0v) is 16.9. The molecule has 0 atom stereocenters. The van der Waals surface area contributed by atoms with Gasteiger partial charge in [0, 0.05) is 36.8 Å². The minimum absolute atomic E-state index is 0.219. The van der Waals surface area contributed by atoms with Crippen LogP contribution in [-0.4, -0.2) is 36.5 Å². The van der Waals surface area contributed by atoms with E-state index >= 15 is 0 Å². The quantitative estimate of drug-likeness (QED) is 0.763. The lowest BCUT2D eigenvalue weighted by molar-refractivity contribution is -0.126. The maximum Gasteiger partial charge on any atom is 0.232 e. The van der Waals surface area contributed by atoms with Gasteiger partial charge in [0.1, 0.15) is 0 Å². The number of hydrogen-bond donors (Lipinski definition) is 0. The summed E-state index contributed by atoms with van der Waals surface area (Å²) in [5.74, 6) is 0.219. The average molecular weight is 365 g/mol. The molecule has 1 fully saturated rings. The van der Waals surface area contributed by atoms with Gasteiger partial charge in [-0.2, -0.15) is 0 Å². The molecule has 1 aliphatic rings. The van der Waals surface area contributed by atoms with Crippen LogP contribution in [0.1, 0.15) is 39.2 Å². The van der Waals surface area contributed by atoms with Crippen LogP contribution < -0.4 is 4.90 Å². The lowest BCUT2D eigenvalue weighted by Gasteiger charge is -2.41. The number of rotatable bonds is 5. The van der Waals surface area contributed by atoms with Crippen LogP contribution in [0.2, 0.25) is 0 Å². The van der Waals surface area contributed by atoms with Crippen molar-refractivity contribution in [2.24, 2.45) is 5.41 Å². The molecule has 0 aliphatic carbocycles. The van der Waals surface area contributed by atoms with E-state index in [2.05, 4.69) is 52.3 Å². The third-order valence-electron chi connectivity index (χ3n) is 5.38. The molecule has 0 bridgehead atoms. The minimum Gasteiger partial charge on any atom is -0.309 e. The van der Waals surface area contributed by atoms with Crippen LogP contribution in [0, 0.1) is 5.41 Å². The summed E-state index contributed by atoms with van der Waals surface area (Å²) < 4.78 is 0. The summed E-state index contributed by atoms with van der Waals surface area (Å²) in [6.07, 6.45) is 3.16. The van der Waals surface area contributed by atoms with Crippen molar-refractivity contribution in [2.75, 3.05) is 24.5 Å². The first-order valence-corrected chi connectivity index (χ1v) is 10.1. The van der Waals surface area contributed by atoms with Crippen molar-refractivity contribution in [3.05, 3.63) is 66.2 Å². The number of nitrogens with zero attached hydrogens (tertiary/aromatic N) is 2. The highest BCUT2D eigenvalue weighted by Crippen LogP contribution is 2.29. The minimum atomic E-state index is -0.375. The molecule has 3 heteroatoms. The molecule has 1 saturated heterocycles. The van der Waals surface area contributed by atoms with Crippen molar-refractivity contribution >= 4 is 11.6 Å². The Hall–Kier alpha value is -2.13. The van der Waals surface area contributed by atoms with Crippen LogP contribution in [0.3, 0.4) is 0 Å². The lowest BCUT2D eigenvalue weighted by Crippen LogP contribution is -2.51. The molecule has 144 valence electrons. The predicted molar refractivity (Wildman–Crippen MR) is 113 cm³/mol. The van der Waals surface area contributed by atoms with Crippen molar-refractivity contribution in [3.63, 3.8) is 0 Å². The highest BCUT2D eigenvalue weighted by molar-refractivity contribution is 5.97. The van der Waals surface area contributed by atoms with Gasteiger partial charge in [0.05, 0.1) is 0 Å². The van der Waals surface area contributed by atoms with Crippen LogP contribution in [0.15, 0.2) is 60.7 Å². The van der Waals surface area contributed by atoms with Gasteiger partial charge in [0.2, 0.25) is 5.91 Å². The van der Waals surface area contributed by atoms with Crippen molar-refractivity contribution in [2.45, 2.75) is 46.1 Å².